The molecule has 0 spiro atoms. The summed E-state index contributed by atoms with van der Waals surface area (Å²) >= 11 is 0. The minimum absolute atomic E-state index is 0.277. The fourth-order valence-corrected chi connectivity index (χ4v) is 2.67. The number of benzene rings is 1. The van der Waals surface area contributed by atoms with Crippen LogP contribution >= 0.6 is 0 Å². The number of ether oxygens (including phenoxy) is 2. The van der Waals surface area contributed by atoms with Gasteiger partial charge in [-0.05, 0) is 38.7 Å². The minimum Gasteiger partial charge on any atom is -0.393 e. The van der Waals surface area contributed by atoms with Crippen LogP contribution in [0, 0.1) is 0 Å². The third-order valence-electron chi connectivity index (χ3n) is 4.26. The molecule has 0 aromatic heterocycles. The molecule has 1 unspecified atom stereocenters. The second kappa shape index (κ2) is 6.88. The van der Waals surface area contributed by atoms with Gasteiger partial charge in [-0.1, -0.05) is 30.3 Å². The molecule has 1 fully saturated rings. The second-order valence-corrected chi connectivity index (χ2v) is 6.40. The maximum atomic E-state index is 10.1. The zero-order valence-corrected chi connectivity index (χ0v) is 12.9. The molecule has 21 heavy (non-hydrogen) atoms. The van der Waals surface area contributed by atoms with E-state index in [1.807, 2.05) is 37.3 Å². The second-order valence-electron chi connectivity index (χ2n) is 6.40. The highest BCUT2D eigenvalue weighted by Gasteiger charge is 2.43. The van der Waals surface area contributed by atoms with Crippen LogP contribution in [0.1, 0.15) is 38.7 Å². The van der Waals surface area contributed by atoms with Crippen LogP contribution in [0.15, 0.2) is 30.3 Å². The van der Waals surface area contributed by atoms with Crippen LogP contribution in [0.25, 0.3) is 0 Å². The average molecular weight is 294 g/mol. The van der Waals surface area contributed by atoms with Crippen LogP contribution in [-0.2, 0) is 16.1 Å². The molecule has 0 radical (unpaired) electrons. The third kappa shape index (κ3) is 4.51. The van der Waals surface area contributed by atoms with E-state index < -0.39 is 5.60 Å². The van der Waals surface area contributed by atoms with E-state index in [9.17, 15) is 10.2 Å². The van der Waals surface area contributed by atoms with Gasteiger partial charge in [-0.25, -0.2) is 0 Å². The summed E-state index contributed by atoms with van der Waals surface area (Å²) in [6.45, 7) is 4.62. The minimum atomic E-state index is -1.16. The Kier molecular flexibility index (Phi) is 5.38. The van der Waals surface area contributed by atoms with Crippen molar-refractivity contribution < 1.29 is 19.7 Å². The molecule has 4 nitrogen and oxygen atoms in total. The Morgan fingerprint density at radius 3 is 2.76 bits per heavy atom. The van der Waals surface area contributed by atoms with Gasteiger partial charge < -0.3 is 19.7 Å². The van der Waals surface area contributed by atoms with E-state index in [4.69, 9.17) is 9.47 Å². The summed E-state index contributed by atoms with van der Waals surface area (Å²) < 4.78 is 11.7. The molecule has 0 amide bonds. The van der Waals surface area contributed by atoms with Gasteiger partial charge in [0.2, 0.25) is 0 Å². The zero-order chi connectivity index (χ0) is 15.3. The fraction of sp³-hybridized carbons (Fsp3) is 0.647. The lowest BCUT2D eigenvalue weighted by Gasteiger charge is -2.31. The van der Waals surface area contributed by atoms with Crippen molar-refractivity contribution in [2.75, 3.05) is 13.2 Å². The largest absolute Gasteiger partial charge is 0.393 e. The normalized spacial score (nSPS) is 28.5. The first-order chi connectivity index (χ1) is 9.95. The van der Waals surface area contributed by atoms with Gasteiger partial charge in [-0.2, -0.15) is 0 Å². The van der Waals surface area contributed by atoms with Gasteiger partial charge in [0.25, 0.3) is 0 Å². The highest BCUT2D eigenvalue weighted by atomic mass is 16.5. The molecule has 4 heteroatoms. The summed E-state index contributed by atoms with van der Waals surface area (Å²) in [4.78, 5) is 0. The summed E-state index contributed by atoms with van der Waals surface area (Å²) in [7, 11) is 0. The highest BCUT2D eigenvalue weighted by molar-refractivity contribution is 5.13. The van der Waals surface area contributed by atoms with Crippen LogP contribution in [0.3, 0.4) is 0 Å². The predicted octanol–water partition coefficient (Wildman–Crippen LogP) is 2.27. The highest BCUT2D eigenvalue weighted by Crippen LogP contribution is 2.37. The molecule has 1 aliphatic heterocycles. The summed E-state index contributed by atoms with van der Waals surface area (Å²) in [5, 5.41) is 19.3. The van der Waals surface area contributed by atoms with Crippen LogP contribution in [0.4, 0.5) is 0 Å². The van der Waals surface area contributed by atoms with E-state index in [0.717, 1.165) is 24.8 Å². The molecular formula is C17H26O4. The Morgan fingerprint density at radius 2 is 2.10 bits per heavy atom. The van der Waals surface area contributed by atoms with Gasteiger partial charge in [0.15, 0.2) is 0 Å². The maximum Gasteiger partial charge on any atom is 0.111 e. The van der Waals surface area contributed by atoms with Crippen molar-refractivity contribution in [1.29, 1.82) is 0 Å². The number of rotatable bonds is 7. The lowest BCUT2D eigenvalue weighted by Crippen LogP contribution is -2.44. The Balaban J connectivity index is 1.73. The molecule has 2 rings (SSSR count). The third-order valence-corrected chi connectivity index (χ3v) is 4.26. The van der Waals surface area contributed by atoms with E-state index in [0.29, 0.717) is 13.2 Å². The Hall–Kier alpha value is -0.940. The van der Waals surface area contributed by atoms with Crippen molar-refractivity contribution in [2.24, 2.45) is 0 Å². The number of hydrogen-bond acceptors (Lipinski definition) is 4. The molecule has 0 saturated carbocycles. The molecule has 3 atom stereocenters. The average Bonchev–Trinajstić information content (AvgIpc) is 2.88. The maximum absolute atomic E-state index is 10.1. The molecule has 2 N–H and O–H groups in total. The monoisotopic (exact) mass is 294 g/mol. The van der Waals surface area contributed by atoms with E-state index in [1.165, 1.54) is 0 Å². The topological polar surface area (TPSA) is 58.9 Å². The standard InChI is InChI=1S/C17H26O4/c1-16(9-8-15(21-16)17(2,19)13-18)10-11-20-12-14-6-4-3-5-7-14/h3-7,15,18-19H,8-13H2,1-2H3/t15-,16-,17?/m1/s1. The SMILES string of the molecule is CC(O)(CO)[C@H]1CC[C@](C)(CCOCc2ccccc2)O1. The zero-order valence-electron chi connectivity index (χ0n) is 12.9. The summed E-state index contributed by atoms with van der Waals surface area (Å²) in [5.74, 6) is 0. The number of aliphatic hydroxyl groups is 2. The molecule has 1 aromatic rings. The summed E-state index contributed by atoms with van der Waals surface area (Å²) in [5.41, 5.74) is -0.278. The lowest BCUT2D eigenvalue weighted by molar-refractivity contribution is -0.145. The van der Waals surface area contributed by atoms with E-state index in [2.05, 4.69) is 0 Å². The van der Waals surface area contributed by atoms with Gasteiger partial charge in [0, 0.05) is 6.61 Å². The molecule has 1 heterocycles. The molecule has 118 valence electrons. The number of hydrogen-bond donors (Lipinski definition) is 2. The van der Waals surface area contributed by atoms with Gasteiger partial charge >= 0.3 is 0 Å². The van der Waals surface area contributed by atoms with Gasteiger partial charge in [-0.15, -0.1) is 0 Å². The van der Waals surface area contributed by atoms with Crippen LogP contribution in [-0.4, -0.2) is 40.7 Å². The fourth-order valence-electron chi connectivity index (χ4n) is 2.67. The Morgan fingerprint density at radius 1 is 1.38 bits per heavy atom. The Labute approximate surface area is 126 Å². The van der Waals surface area contributed by atoms with Gasteiger partial charge in [-0.3, -0.25) is 0 Å². The number of aliphatic hydroxyl groups excluding tert-OH is 1. The van der Waals surface area contributed by atoms with Crippen LogP contribution in [0.2, 0.25) is 0 Å². The summed E-state index contributed by atoms with van der Waals surface area (Å²) in [6, 6.07) is 10.1. The Bertz CT molecular complexity index is 432. The first-order valence-electron chi connectivity index (χ1n) is 7.58. The molecule has 1 saturated heterocycles. The summed E-state index contributed by atoms with van der Waals surface area (Å²) in [6.07, 6.45) is 2.13. The molecule has 1 aliphatic rings. The van der Waals surface area contributed by atoms with E-state index in [1.54, 1.807) is 6.92 Å². The predicted molar refractivity (Wildman–Crippen MR) is 80.9 cm³/mol. The molecule has 1 aromatic carbocycles. The smallest absolute Gasteiger partial charge is 0.111 e. The first kappa shape index (κ1) is 16.4. The van der Waals surface area contributed by atoms with Crippen molar-refractivity contribution in [1.82, 2.24) is 0 Å². The van der Waals surface area contributed by atoms with E-state index in [-0.39, 0.29) is 18.3 Å². The van der Waals surface area contributed by atoms with Crippen molar-refractivity contribution in [3.63, 3.8) is 0 Å². The molecular weight excluding hydrogens is 268 g/mol. The van der Waals surface area contributed by atoms with Gasteiger partial charge in [0.05, 0.1) is 24.9 Å². The van der Waals surface area contributed by atoms with E-state index >= 15 is 0 Å². The van der Waals surface area contributed by atoms with Crippen LogP contribution < -0.4 is 0 Å². The first-order valence-corrected chi connectivity index (χ1v) is 7.58. The van der Waals surface area contributed by atoms with Crippen molar-refractivity contribution in [3.8, 4) is 0 Å². The lowest BCUT2D eigenvalue weighted by atomic mass is 9.95. The molecule has 0 bridgehead atoms. The van der Waals surface area contributed by atoms with Crippen molar-refractivity contribution >= 4 is 0 Å². The van der Waals surface area contributed by atoms with Crippen molar-refractivity contribution in [3.05, 3.63) is 35.9 Å². The molecule has 0 aliphatic carbocycles. The van der Waals surface area contributed by atoms with Gasteiger partial charge in [0.1, 0.15) is 5.60 Å². The van der Waals surface area contributed by atoms with Crippen molar-refractivity contribution in [2.45, 2.75) is 57.0 Å². The van der Waals surface area contributed by atoms with Crippen LogP contribution in [0.5, 0.6) is 0 Å². The quantitative estimate of drug-likeness (QED) is 0.757.